The van der Waals surface area contributed by atoms with Crippen LogP contribution >= 0.6 is 0 Å². The van der Waals surface area contributed by atoms with Crippen LogP contribution in [0.15, 0.2) is 23.0 Å². The third-order valence-corrected chi connectivity index (χ3v) is 3.60. The lowest BCUT2D eigenvalue weighted by molar-refractivity contribution is -0.131. The molecule has 0 aliphatic carbocycles. The van der Waals surface area contributed by atoms with Gasteiger partial charge in [0, 0.05) is 19.3 Å². The number of carbonyl (C=O) groups is 1. The molecule has 2 aromatic heterocycles. The number of amides is 1. The zero-order valence-electron chi connectivity index (χ0n) is 13.4. The predicted molar refractivity (Wildman–Crippen MR) is 81.9 cm³/mol. The molecule has 0 N–H and O–H groups in total. The number of furan rings is 1. The van der Waals surface area contributed by atoms with Crippen LogP contribution in [0.3, 0.4) is 0 Å². The van der Waals surface area contributed by atoms with Crippen LogP contribution in [-0.2, 0) is 11.3 Å². The number of imidazole rings is 1. The molecule has 5 nitrogen and oxygen atoms in total. The van der Waals surface area contributed by atoms with Crippen LogP contribution < -0.4 is 0 Å². The summed E-state index contributed by atoms with van der Waals surface area (Å²) in [6, 6.07) is 1.86. The van der Waals surface area contributed by atoms with Crippen LogP contribution in [0.4, 0.5) is 0 Å². The molecule has 0 aliphatic heterocycles. The van der Waals surface area contributed by atoms with Gasteiger partial charge < -0.3 is 13.9 Å². The van der Waals surface area contributed by atoms with E-state index in [4.69, 9.17) is 4.42 Å². The second-order valence-electron chi connectivity index (χ2n) is 5.87. The zero-order valence-corrected chi connectivity index (χ0v) is 13.4. The highest BCUT2D eigenvalue weighted by Crippen LogP contribution is 2.22. The summed E-state index contributed by atoms with van der Waals surface area (Å²) >= 11 is 0. The number of carbonyl (C=O) groups excluding carboxylic acids is 1. The number of hydrogen-bond acceptors (Lipinski definition) is 3. The van der Waals surface area contributed by atoms with E-state index in [1.807, 2.05) is 31.5 Å². The number of hydrogen-bond donors (Lipinski definition) is 0. The van der Waals surface area contributed by atoms with Crippen molar-refractivity contribution in [3.63, 3.8) is 0 Å². The zero-order chi connectivity index (χ0) is 15.6. The number of aromatic nitrogens is 2. The molecule has 0 bridgehead atoms. The van der Waals surface area contributed by atoms with Gasteiger partial charge in [0.1, 0.15) is 18.6 Å². The van der Waals surface area contributed by atoms with E-state index in [9.17, 15) is 4.79 Å². The van der Waals surface area contributed by atoms with Crippen molar-refractivity contribution in [3.05, 3.63) is 30.0 Å². The topological polar surface area (TPSA) is 51.3 Å². The van der Waals surface area contributed by atoms with Crippen molar-refractivity contribution in [1.29, 1.82) is 0 Å². The van der Waals surface area contributed by atoms with Crippen LogP contribution in [0, 0.1) is 19.8 Å². The van der Waals surface area contributed by atoms with E-state index in [0.29, 0.717) is 12.5 Å². The van der Waals surface area contributed by atoms with Gasteiger partial charge in [0.15, 0.2) is 0 Å². The van der Waals surface area contributed by atoms with E-state index in [-0.39, 0.29) is 5.91 Å². The van der Waals surface area contributed by atoms with Gasteiger partial charge in [-0.3, -0.25) is 4.79 Å². The summed E-state index contributed by atoms with van der Waals surface area (Å²) < 4.78 is 7.09. The van der Waals surface area contributed by atoms with Gasteiger partial charge in [0.05, 0.1) is 17.5 Å². The molecule has 2 rings (SSSR count). The number of likely N-dealkylation sites (N-methyl/N-ethyl adjacent to an activating group) is 1. The highest BCUT2D eigenvalue weighted by molar-refractivity contribution is 5.76. The molecule has 114 valence electrons. The van der Waals surface area contributed by atoms with Crippen molar-refractivity contribution in [3.8, 4) is 11.4 Å². The first-order valence-electron chi connectivity index (χ1n) is 7.20. The fourth-order valence-electron chi connectivity index (χ4n) is 2.37. The van der Waals surface area contributed by atoms with Gasteiger partial charge in [0.25, 0.3) is 0 Å². The third-order valence-electron chi connectivity index (χ3n) is 3.60. The summed E-state index contributed by atoms with van der Waals surface area (Å²) in [5.41, 5.74) is 2.84. The normalized spacial score (nSPS) is 11.1. The SMILES string of the molecule is Cc1nc(-c2ccoc2)n(CC(=O)N(C)CC(C)C)c1C. The second-order valence-corrected chi connectivity index (χ2v) is 5.87. The van der Waals surface area contributed by atoms with Crippen molar-refractivity contribution >= 4 is 5.91 Å². The lowest BCUT2D eigenvalue weighted by Crippen LogP contribution is -2.33. The van der Waals surface area contributed by atoms with Gasteiger partial charge in [-0.15, -0.1) is 0 Å². The van der Waals surface area contributed by atoms with Gasteiger partial charge in [-0.1, -0.05) is 13.8 Å². The Kier molecular flexibility index (Phi) is 4.50. The summed E-state index contributed by atoms with van der Waals surface area (Å²) in [5, 5.41) is 0. The average molecular weight is 289 g/mol. The molecule has 0 fully saturated rings. The number of nitrogens with zero attached hydrogens (tertiary/aromatic N) is 3. The first-order chi connectivity index (χ1) is 9.90. The number of rotatable bonds is 5. The largest absolute Gasteiger partial charge is 0.472 e. The quantitative estimate of drug-likeness (QED) is 0.850. The average Bonchev–Trinajstić information content (AvgIpc) is 3.01. The van der Waals surface area contributed by atoms with E-state index >= 15 is 0 Å². The molecule has 0 unspecified atom stereocenters. The smallest absolute Gasteiger partial charge is 0.242 e. The summed E-state index contributed by atoms with van der Waals surface area (Å²) in [4.78, 5) is 18.7. The molecule has 0 radical (unpaired) electrons. The molecular formula is C16H23N3O2. The minimum absolute atomic E-state index is 0.0916. The summed E-state index contributed by atoms with van der Waals surface area (Å²) in [5.74, 6) is 1.33. The maximum absolute atomic E-state index is 12.4. The fourth-order valence-corrected chi connectivity index (χ4v) is 2.37. The standard InChI is InChI=1S/C16H23N3O2/c1-11(2)8-18(5)15(20)9-19-13(4)12(3)17-16(19)14-6-7-21-10-14/h6-7,10-11H,8-9H2,1-5H3. The number of aryl methyl sites for hydroxylation is 1. The molecule has 5 heteroatoms. The molecule has 0 atom stereocenters. The lowest BCUT2D eigenvalue weighted by atomic mass is 10.2. The van der Waals surface area contributed by atoms with Crippen molar-refractivity contribution in [2.24, 2.45) is 5.92 Å². The van der Waals surface area contributed by atoms with Gasteiger partial charge in [0.2, 0.25) is 5.91 Å². The third kappa shape index (κ3) is 3.35. The minimum Gasteiger partial charge on any atom is -0.472 e. The minimum atomic E-state index is 0.0916. The Morgan fingerprint density at radius 2 is 2.14 bits per heavy atom. The highest BCUT2D eigenvalue weighted by atomic mass is 16.3. The molecule has 2 aromatic rings. The van der Waals surface area contributed by atoms with Crippen molar-refractivity contribution in [1.82, 2.24) is 14.5 Å². The fraction of sp³-hybridized carbons (Fsp3) is 0.500. The molecule has 21 heavy (non-hydrogen) atoms. The Bertz CT molecular complexity index is 612. The van der Waals surface area contributed by atoms with Crippen LogP contribution in [0.1, 0.15) is 25.2 Å². The maximum Gasteiger partial charge on any atom is 0.242 e. The summed E-state index contributed by atoms with van der Waals surface area (Å²) in [6.45, 7) is 9.21. The van der Waals surface area contributed by atoms with E-state index in [1.54, 1.807) is 17.4 Å². The van der Waals surface area contributed by atoms with Crippen LogP contribution in [0.5, 0.6) is 0 Å². The van der Waals surface area contributed by atoms with Crippen LogP contribution in [0.2, 0.25) is 0 Å². The second kappa shape index (κ2) is 6.16. The Hall–Kier alpha value is -2.04. The molecule has 0 saturated heterocycles. The van der Waals surface area contributed by atoms with Crippen molar-refractivity contribution < 1.29 is 9.21 Å². The molecule has 0 spiro atoms. The first kappa shape index (κ1) is 15.4. The van der Waals surface area contributed by atoms with Crippen LogP contribution in [-0.4, -0.2) is 34.0 Å². The van der Waals surface area contributed by atoms with E-state index in [1.165, 1.54) is 0 Å². The molecule has 0 saturated carbocycles. The van der Waals surface area contributed by atoms with Gasteiger partial charge in [-0.2, -0.15) is 0 Å². The Labute approximate surface area is 125 Å². The highest BCUT2D eigenvalue weighted by Gasteiger charge is 2.18. The van der Waals surface area contributed by atoms with Crippen LogP contribution in [0.25, 0.3) is 11.4 Å². The van der Waals surface area contributed by atoms with Gasteiger partial charge in [-0.05, 0) is 25.8 Å². The Morgan fingerprint density at radius 3 is 2.71 bits per heavy atom. The van der Waals surface area contributed by atoms with E-state index in [2.05, 4.69) is 18.8 Å². The summed E-state index contributed by atoms with van der Waals surface area (Å²) in [6.07, 6.45) is 3.27. The summed E-state index contributed by atoms with van der Waals surface area (Å²) in [7, 11) is 1.85. The monoisotopic (exact) mass is 289 g/mol. The molecule has 0 aliphatic rings. The van der Waals surface area contributed by atoms with E-state index < -0.39 is 0 Å². The van der Waals surface area contributed by atoms with Gasteiger partial charge >= 0.3 is 0 Å². The van der Waals surface area contributed by atoms with Crippen molar-refractivity contribution in [2.45, 2.75) is 34.2 Å². The molecule has 2 heterocycles. The molecular weight excluding hydrogens is 266 g/mol. The van der Waals surface area contributed by atoms with Crippen molar-refractivity contribution in [2.75, 3.05) is 13.6 Å². The van der Waals surface area contributed by atoms with E-state index in [0.717, 1.165) is 29.3 Å². The molecule has 1 amide bonds. The Balaban J connectivity index is 2.26. The predicted octanol–water partition coefficient (Wildman–Crippen LogP) is 2.87. The Morgan fingerprint density at radius 1 is 1.43 bits per heavy atom. The lowest BCUT2D eigenvalue weighted by Gasteiger charge is -2.20. The van der Waals surface area contributed by atoms with Gasteiger partial charge in [-0.25, -0.2) is 4.98 Å². The molecule has 0 aromatic carbocycles. The first-order valence-corrected chi connectivity index (χ1v) is 7.20. The maximum atomic E-state index is 12.4.